The third kappa shape index (κ3) is 5.09. The fourth-order valence-electron chi connectivity index (χ4n) is 1.64. The maximum absolute atomic E-state index is 11.7. The number of hydrogen-bond acceptors (Lipinski definition) is 3. The van der Waals surface area contributed by atoms with Gasteiger partial charge in [0.25, 0.3) is 0 Å². The lowest BCUT2D eigenvalue weighted by molar-refractivity contribution is -0.122. The molecule has 1 atom stereocenters. The van der Waals surface area contributed by atoms with Crippen LogP contribution in [0.3, 0.4) is 0 Å². The SMILES string of the molecule is CCCCC(N)C(=O)NCc1ccc(C(=O)O)cc1. The van der Waals surface area contributed by atoms with Gasteiger partial charge in [-0.15, -0.1) is 0 Å². The Labute approximate surface area is 112 Å². The van der Waals surface area contributed by atoms with Gasteiger partial charge < -0.3 is 16.2 Å². The molecule has 0 saturated heterocycles. The molecule has 1 rings (SSSR count). The summed E-state index contributed by atoms with van der Waals surface area (Å²) in [7, 11) is 0. The highest BCUT2D eigenvalue weighted by Crippen LogP contribution is 2.05. The third-order valence-corrected chi connectivity index (χ3v) is 2.87. The average Bonchev–Trinajstić information content (AvgIpc) is 2.42. The maximum Gasteiger partial charge on any atom is 0.335 e. The van der Waals surface area contributed by atoms with Crippen molar-refractivity contribution >= 4 is 11.9 Å². The molecule has 0 fully saturated rings. The zero-order valence-corrected chi connectivity index (χ0v) is 11.1. The van der Waals surface area contributed by atoms with E-state index in [2.05, 4.69) is 12.2 Å². The van der Waals surface area contributed by atoms with Gasteiger partial charge in [-0.25, -0.2) is 4.79 Å². The smallest absolute Gasteiger partial charge is 0.335 e. The van der Waals surface area contributed by atoms with Crippen molar-refractivity contribution in [1.29, 1.82) is 0 Å². The Morgan fingerprint density at radius 1 is 1.32 bits per heavy atom. The summed E-state index contributed by atoms with van der Waals surface area (Å²) in [5.74, 6) is -1.13. The van der Waals surface area contributed by atoms with Crippen LogP contribution < -0.4 is 11.1 Å². The van der Waals surface area contributed by atoms with Gasteiger partial charge in [-0.05, 0) is 24.1 Å². The van der Waals surface area contributed by atoms with Crippen molar-refractivity contribution in [2.45, 2.75) is 38.8 Å². The zero-order chi connectivity index (χ0) is 14.3. The first-order chi connectivity index (χ1) is 9.04. The molecule has 4 N–H and O–H groups in total. The largest absolute Gasteiger partial charge is 0.478 e. The van der Waals surface area contributed by atoms with Gasteiger partial charge in [-0.2, -0.15) is 0 Å². The molecule has 1 aromatic carbocycles. The van der Waals surface area contributed by atoms with Gasteiger partial charge in [0.05, 0.1) is 11.6 Å². The van der Waals surface area contributed by atoms with Gasteiger partial charge in [-0.1, -0.05) is 31.9 Å². The van der Waals surface area contributed by atoms with Crippen molar-refractivity contribution in [2.75, 3.05) is 0 Å². The molecule has 1 aromatic rings. The fraction of sp³-hybridized carbons (Fsp3) is 0.429. The molecule has 1 amide bonds. The number of benzene rings is 1. The predicted octanol–water partition coefficient (Wildman–Crippen LogP) is 1.52. The monoisotopic (exact) mass is 264 g/mol. The predicted molar refractivity (Wildman–Crippen MR) is 72.7 cm³/mol. The first-order valence-electron chi connectivity index (χ1n) is 6.40. The van der Waals surface area contributed by atoms with E-state index >= 15 is 0 Å². The number of carbonyl (C=O) groups excluding carboxylic acids is 1. The summed E-state index contributed by atoms with van der Waals surface area (Å²) in [6.45, 7) is 2.41. The van der Waals surface area contributed by atoms with Crippen LogP contribution in [-0.2, 0) is 11.3 Å². The lowest BCUT2D eigenvalue weighted by Crippen LogP contribution is -2.40. The zero-order valence-electron chi connectivity index (χ0n) is 11.1. The van der Waals surface area contributed by atoms with Crippen LogP contribution in [0.2, 0.25) is 0 Å². The van der Waals surface area contributed by atoms with Crippen molar-refractivity contribution in [1.82, 2.24) is 5.32 Å². The van der Waals surface area contributed by atoms with Crippen LogP contribution in [0.5, 0.6) is 0 Å². The van der Waals surface area contributed by atoms with E-state index in [1.807, 2.05) is 0 Å². The molecule has 5 nitrogen and oxygen atoms in total. The normalized spacial score (nSPS) is 11.9. The fourth-order valence-corrected chi connectivity index (χ4v) is 1.64. The summed E-state index contributed by atoms with van der Waals surface area (Å²) in [6, 6.07) is 5.92. The minimum absolute atomic E-state index is 0.171. The van der Waals surface area contributed by atoms with Crippen LogP contribution >= 0.6 is 0 Å². The summed E-state index contributed by atoms with van der Waals surface area (Å²) in [5.41, 5.74) is 6.82. The molecule has 0 bridgehead atoms. The Morgan fingerprint density at radius 2 is 1.95 bits per heavy atom. The van der Waals surface area contributed by atoms with E-state index in [1.165, 1.54) is 12.1 Å². The van der Waals surface area contributed by atoms with E-state index < -0.39 is 12.0 Å². The van der Waals surface area contributed by atoms with Crippen LogP contribution in [0, 0.1) is 0 Å². The van der Waals surface area contributed by atoms with Crippen LogP contribution in [0.15, 0.2) is 24.3 Å². The van der Waals surface area contributed by atoms with Crippen LogP contribution in [0.25, 0.3) is 0 Å². The van der Waals surface area contributed by atoms with Crippen LogP contribution in [0.4, 0.5) is 0 Å². The van der Waals surface area contributed by atoms with E-state index in [0.717, 1.165) is 18.4 Å². The van der Waals surface area contributed by atoms with Crippen LogP contribution in [0.1, 0.15) is 42.1 Å². The first kappa shape index (κ1) is 15.2. The summed E-state index contributed by atoms with van der Waals surface area (Å²) in [4.78, 5) is 22.3. The Balaban J connectivity index is 2.43. The molecule has 0 aliphatic rings. The van der Waals surface area contributed by atoms with Gasteiger partial charge in [0.1, 0.15) is 0 Å². The van der Waals surface area contributed by atoms with Gasteiger partial charge in [0.15, 0.2) is 0 Å². The van der Waals surface area contributed by atoms with Crippen molar-refractivity contribution in [3.63, 3.8) is 0 Å². The second kappa shape index (κ2) is 7.53. The minimum Gasteiger partial charge on any atom is -0.478 e. The molecule has 0 aliphatic heterocycles. The summed E-state index contributed by atoms with van der Waals surface area (Å²) < 4.78 is 0. The number of nitrogens with two attached hydrogens (primary N) is 1. The topological polar surface area (TPSA) is 92.4 Å². The van der Waals surface area contributed by atoms with E-state index in [4.69, 9.17) is 10.8 Å². The van der Waals surface area contributed by atoms with E-state index in [9.17, 15) is 9.59 Å². The van der Waals surface area contributed by atoms with Gasteiger partial charge in [-0.3, -0.25) is 4.79 Å². The molecule has 19 heavy (non-hydrogen) atoms. The number of nitrogens with one attached hydrogen (secondary N) is 1. The Hall–Kier alpha value is -1.88. The molecule has 104 valence electrons. The molecular weight excluding hydrogens is 244 g/mol. The van der Waals surface area contributed by atoms with E-state index in [0.29, 0.717) is 13.0 Å². The number of carboxylic acids is 1. The highest BCUT2D eigenvalue weighted by atomic mass is 16.4. The molecule has 0 spiro atoms. The highest BCUT2D eigenvalue weighted by molar-refractivity contribution is 5.87. The summed E-state index contributed by atoms with van der Waals surface area (Å²) in [5, 5.41) is 11.5. The second-order valence-corrected chi connectivity index (χ2v) is 4.47. The number of unbranched alkanes of at least 4 members (excludes halogenated alkanes) is 1. The number of rotatable bonds is 7. The number of amides is 1. The molecule has 1 unspecified atom stereocenters. The lowest BCUT2D eigenvalue weighted by atomic mass is 10.1. The van der Waals surface area contributed by atoms with Gasteiger partial charge >= 0.3 is 5.97 Å². The molecule has 0 saturated carbocycles. The Kier molecular flexibility index (Phi) is 6.02. The Morgan fingerprint density at radius 3 is 2.47 bits per heavy atom. The van der Waals surface area contributed by atoms with Gasteiger partial charge in [0, 0.05) is 6.54 Å². The van der Waals surface area contributed by atoms with Gasteiger partial charge in [0.2, 0.25) is 5.91 Å². The second-order valence-electron chi connectivity index (χ2n) is 4.47. The number of aromatic carboxylic acids is 1. The average molecular weight is 264 g/mol. The maximum atomic E-state index is 11.7. The quantitative estimate of drug-likeness (QED) is 0.696. The summed E-state index contributed by atoms with van der Waals surface area (Å²) in [6.07, 6.45) is 2.62. The number of hydrogen-bond donors (Lipinski definition) is 3. The van der Waals surface area contributed by atoms with Crippen molar-refractivity contribution in [2.24, 2.45) is 5.73 Å². The number of carbonyl (C=O) groups is 2. The minimum atomic E-state index is -0.961. The van der Waals surface area contributed by atoms with Crippen LogP contribution in [-0.4, -0.2) is 23.0 Å². The molecule has 0 aliphatic carbocycles. The van der Waals surface area contributed by atoms with Crippen molar-refractivity contribution in [3.05, 3.63) is 35.4 Å². The molecule has 0 aromatic heterocycles. The van der Waals surface area contributed by atoms with Crippen molar-refractivity contribution in [3.8, 4) is 0 Å². The molecule has 5 heteroatoms. The standard InChI is InChI=1S/C14H20N2O3/c1-2-3-4-12(15)13(17)16-9-10-5-7-11(8-6-10)14(18)19/h5-8,12H,2-4,9,15H2,1H3,(H,16,17)(H,18,19). The van der Waals surface area contributed by atoms with E-state index in [1.54, 1.807) is 12.1 Å². The molecular formula is C14H20N2O3. The Bertz CT molecular complexity index is 429. The lowest BCUT2D eigenvalue weighted by Gasteiger charge is -2.11. The third-order valence-electron chi connectivity index (χ3n) is 2.87. The van der Waals surface area contributed by atoms with Crippen molar-refractivity contribution < 1.29 is 14.7 Å². The highest BCUT2D eigenvalue weighted by Gasteiger charge is 2.12. The molecule has 0 heterocycles. The van der Waals surface area contributed by atoms with E-state index in [-0.39, 0.29) is 11.5 Å². The summed E-state index contributed by atoms with van der Waals surface area (Å²) >= 11 is 0. The number of carboxylic acid groups (broad SMARTS) is 1. The molecule has 0 radical (unpaired) electrons. The first-order valence-corrected chi connectivity index (χ1v) is 6.40.